The van der Waals surface area contributed by atoms with E-state index >= 15 is 0 Å². The molecule has 1 N–H and O–H groups in total. The van der Waals surface area contributed by atoms with Crippen LogP contribution in [0.4, 0.5) is 0 Å². The van der Waals surface area contributed by atoms with E-state index in [9.17, 15) is 9.59 Å². The van der Waals surface area contributed by atoms with E-state index in [2.05, 4.69) is 5.32 Å². The lowest BCUT2D eigenvalue weighted by molar-refractivity contribution is -0.143. The summed E-state index contributed by atoms with van der Waals surface area (Å²) in [7, 11) is 0. The SMILES string of the molecule is CCOC(=O)CC(c1ccc(Cl)cc1)C1CCC(=O)N1. The van der Waals surface area contributed by atoms with Crippen molar-refractivity contribution in [2.45, 2.75) is 38.1 Å². The third-order valence-electron chi connectivity index (χ3n) is 3.50. The van der Waals surface area contributed by atoms with E-state index in [-0.39, 0.29) is 30.3 Å². The molecule has 2 rings (SSSR count). The van der Waals surface area contributed by atoms with Gasteiger partial charge in [0.25, 0.3) is 0 Å². The number of hydrogen-bond donors (Lipinski definition) is 1. The Bertz CT molecular complexity index is 486. The summed E-state index contributed by atoms with van der Waals surface area (Å²) in [5.74, 6) is -0.274. The number of ether oxygens (including phenoxy) is 1. The highest BCUT2D eigenvalue weighted by Gasteiger charge is 2.31. The minimum absolute atomic E-state index is 0.0203. The number of carbonyl (C=O) groups is 2. The van der Waals surface area contributed by atoms with Crippen LogP contribution in [0.15, 0.2) is 24.3 Å². The lowest BCUT2D eigenvalue weighted by Gasteiger charge is -2.23. The quantitative estimate of drug-likeness (QED) is 0.850. The van der Waals surface area contributed by atoms with Crippen molar-refractivity contribution >= 4 is 23.5 Å². The highest BCUT2D eigenvalue weighted by Crippen LogP contribution is 2.30. The highest BCUT2D eigenvalue weighted by molar-refractivity contribution is 6.30. The topological polar surface area (TPSA) is 55.4 Å². The van der Waals surface area contributed by atoms with Crippen LogP contribution in [-0.4, -0.2) is 24.5 Å². The van der Waals surface area contributed by atoms with Gasteiger partial charge in [0.2, 0.25) is 5.91 Å². The first kappa shape index (κ1) is 14.9. The summed E-state index contributed by atoms with van der Waals surface area (Å²) in [6.07, 6.45) is 1.52. The van der Waals surface area contributed by atoms with Gasteiger partial charge < -0.3 is 10.1 Å². The van der Waals surface area contributed by atoms with Gasteiger partial charge in [-0.1, -0.05) is 23.7 Å². The van der Waals surface area contributed by atoms with Crippen LogP contribution in [-0.2, 0) is 14.3 Å². The van der Waals surface area contributed by atoms with Gasteiger partial charge in [-0.15, -0.1) is 0 Å². The number of benzene rings is 1. The Morgan fingerprint density at radius 3 is 2.70 bits per heavy atom. The molecule has 1 aliphatic heterocycles. The normalized spacial score (nSPS) is 19.5. The first-order valence-electron chi connectivity index (χ1n) is 6.80. The van der Waals surface area contributed by atoms with E-state index in [1.807, 2.05) is 12.1 Å². The van der Waals surface area contributed by atoms with E-state index in [0.717, 1.165) is 12.0 Å². The molecule has 0 aliphatic carbocycles. The third-order valence-corrected chi connectivity index (χ3v) is 3.76. The van der Waals surface area contributed by atoms with Crippen molar-refractivity contribution in [3.8, 4) is 0 Å². The average molecular weight is 296 g/mol. The molecule has 0 aromatic heterocycles. The summed E-state index contributed by atoms with van der Waals surface area (Å²) in [5.41, 5.74) is 0.995. The largest absolute Gasteiger partial charge is 0.466 e. The molecule has 1 heterocycles. The predicted molar refractivity (Wildman–Crippen MR) is 76.6 cm³/mol. The molecule has 0 saturated carbocycles. The van der Waals surface area contributed by atoms with Gasteiger partial charge in [-0.2, -0.15) is 0 Å². The number of rotatable bonds is 5. The van der Waals surface area contributed by atoms with Crippen molar-refractivity contribution < 1.29 is 14.3 Å². The fourth-order valence-corrected chi connectivity index (χ4v) is 2.67. The van der Waals surface area contributed by atoms with Crippen LogP contribution in [0.3, 0.4) is 0 Å². The smallest absolute Gasteiger partial charge is 0.306 e. The maximum atomic E-state index is 11.8. The van der Waals surface area contributed by atoms with E-state index in [1.165, 1.54) is 0 Å². The van der Waals surface area contributed by atoms with Crippen molar-refractivity contribution in [3.05, 3.63) is 34.9 Å². The Kier molecular flexibility index (Phi) is 5.01. The standard InChI is InChI=1S/C15H18ClNO3/c1-2-20-15(19)9-12(13-7-8-14(18)17-13)10-3-5-11(16)6-4-10/h3-6,12-13H,2,7-9H2,1H3,(H,17,18). The molecule has 1 fully saturated rings. The molecule has 1 saturated heterocycles. The molecule has 1 aromatic carbocycles. The number of esters is 1. The van der Waals surface area contributed by atoms with Crippen molar-refractivity contribution in [1.29, 1.82) is 0 Å². The lowest BCUT2D eigenvalue weighted by Crippen LogP contribution is -2.33. The van der Waals surface area contributed by atoms with Crippen molar-refractivity contribution in [3.63, 3.8) is 0 Å². The molecule has 4 nitrogen and oxygen atoms in total. The Labute approximate surface area is 123 Å². The minimum atomic E-state index is -0.242. The molecule has 1 aromatic rings. The zero-order valence-electron chi connectivity index (χ0n) is 11.4. The van der Waals surface area contributed by atoms with E-state index in [1.54, 1.807) is 19.1 Å². The summed E-state index contributed by atoms with van der Waals surface area (Å²) in [5, 5.41) is 3.59. The van der Waals surface area contributed by atoms with Crippen LogP contribution in [0.25, 0.3) is 0 Å². The first-order chi connectivity index (χ1) is 9.60. The van der Waals surface area contributed by atoms with E-state index in [4.69, 9.17) is 16.3 Å². The van der Waals surface area contributed by atoms with Crippen LogP contribution in [0.1, 0.15) is 37.7 Å². The molecule has 0 spiro atoms. The summed E-state index contributed by atoms with van der Waals surface area (Å²) in [4.78, 5) is 23.2. The van der Waals surface area contributed by atoms with Crippen LogP contribution in [0, 0.1) is 0 Å². The molecule has 1 aliphatic rings. The Morgan fingerprint density at radius 2 is 2.15 bits per heavy atom. The van der Waals surface area contributed by atoms with Crippen molar-refractivity contribution in [1.82, 2.24) is 5.32 Å². The van der Waals surface area contributed by atoms with Gasteiger partial charge in [0, 0.05) is 23.4 Å². The maximum absolute atomic E-state index is 11.8. The zero-order chi connectivity index (χ0) is 14.5. The van der Waals surface area contributed by atoms with Gasteiger partial charge in [0.05, 0.1) is 13.0 Å². The summed E-state index contributed by atoms with van der Waals surface area (Å²) < 4.78 is 5.03. The van der Waals surface area contributed by atoms with E-state index in [0.29, 0.717) is 18.1 Å². The van der Waals surface area contributed by atoms with Crippen LogP contribution < -0.4 is 5.32 Å². The monoisotopic (exact) mass is 295 g/mol. The fraction of sp³-hybridized carbons (Fsp3) is 0.467. The maximum Gasteiger partial charge on any atom is 0.306 e. The Morgan fingerprint density at radius 1 is 1.45 bits per heavy atom. The predicted octanol–water partition coefficient (Wildman–Crippen LogP) is 2.66. The first-order valence-corrected chi connectivity index (χ1v) is 7.18. The molecular weight excluding hydrogens is 278 g/mol. The third kappa shape index (κ3) is 3.73. The minimum Gasteiger partial charge on any atom is -0.466 e. The Balaban J connectivity index is 2.17. The van der Waals surface area contributed by atoms with Gasteiger partial charge in [0.15, 0.2) is 0 Å². The number of nitrogens with one attached hydrogen (secondary N) is 1. The van der Waals surface area contributed by atoms with Gasteiger partial charge >= 0.3 is 5.97 Å². The van der Waals surface area contributed by atoms with E-state index < -0.39 is 0 Å². The number of carbonyl (C=O) groups excluding carboxylic acids is 2. The molecule has 0 bridgehead atoms. The van der Waals surface area contributed by atoms with Gasteiger partial charge in [0.1, 0.15) is 0 Å². The molecule has 0 radical (unpaired) electrons. The second-order valence-electron chi connectivity index (χ2n) is 4.88. The number of halogens is 1. The molecule has 2 unspecified atom stereocenters. The fourth-order valence-electron chi connectivity index (χ4n) is 2.54. The van der Waals surface area contributed by atoms with Gasteiger partial charge in [-0.25, -0.2) is 0 Å². The zero-order valence-corrected chi connectivity index (χ0v) is 12.2. The molecule has 20 heavy (non-hydrogen) atoms. The van der Waals surface area contributed by atoms with Crippen LogP contribution in [0.5, 0.6) is 0 Å². The van der Waals surface area contributed by atoms with Crippen LogP contribution in [0.2, 0.25) is 5.02 Å². The average Bonchev–Trinajstić information content (AvgIpc) is 2.84. The van der Waals surface area contributed by atoms with Crippen molar-refractivity contribution in [2.24, 2.45) is 0 Å². The molecule has 2 atom stereocenters. The second-order valence-corrected chi connectivity index (χ2v) is 5.32. The Hall–Kier alpha value is -1.55. The molecular formula is C15H18ClNO3. The van der Waals surface area contributed by atoms with Crippen LogP contribution >= 0.6 is 11.6 Å². The van der Waals surface area contributed by atoms with Gasteiger partial charge in [-0.05, 0) is 31.0 Å². The summed E-state index contributed by atoms with van der Waals surface area (Å²) >= 11 is 5.89. The van der Waals surface area contributed by atoms with Crippen molar-refractivity contribution in [2.75, 3.05) is 6.61 Å². The molecule has 108 valence electrons. The second kappa shape index (κ2) is 6.75. The highest BCUT2D eigenvalue weighted by atomic mass is 35.5. The number of amides is 1. The summed E-state index contributed by atoms with van der Waals surface area (Å²) in [6.45, 7) is 2.15. The molecule has 5 heteroatoms. The molecule has 1 amide bonds. The van der Waals surface area contributed by atoms with Gasteiger partial charge in [-0.3, -0.25) is 9.59 Å². The number of hydrogen-bond acceptors (Lipinski definition) is 3. The summed E-state index contributed by atoms with van der Waals surface area (Å²) in [6, 6.07) is 7.37. The lowest BCUT2D eigenvalue weighted by atomic mass is 9.88.